The fraction of sp³-hybridized carbons (Fsp3) is 0.467. The van der Waals surface area contributed by atoms with Gasteiger partial charge in [0.05, 0.1) is 10.5 Å². The number of benzene rings is 1. The number of aromatic nitrogens is 1. The van der Waals surface area contributed by atoms with Crippen molar-refractivity contribution >= 4 is 22.5 Å². The molecule has 2 aromatic rings. The van der Waals surface area contributed by atoms with Crippen molar-refractivity contribution < 1.29 is 0 Å². The van der Waals surface area contributed by atoms with Gasteiger partial charge in [-0.2, -0.15) is 0 Å². The summed E-state index contributed by atoms with van der Waals surface area (Å²) in [6.07, 6.45) is 4.56. The largest absolute Gasteiger partial charge is 0.346 e. The molecule has 0 aliphatic rings. The first-order valence-corrected chi connectivity index (χ1v) is 6.58. The van der Waals surface area contributed by atoms with Crippen LogP contribution in [0.15, 0.2) is 30.5 Å². The van der Waals surface area contributed by atoms with Gasteiger partial charge in [0.15, 0.2) is 0 Å². The minimum atomic E-state index is 0.409. The minimum Gasteiger partial charge on any atom is -0.346 e. The molecular weight excluding hydrogens is 230 g/mol. The van der Waals surface area contributed by atoms with Crippen LogP contribution in [0.3, 0.4) is 0 Å². The Morgan fingerprint density at radius 3 is 2.65 bits per heavy atom. The molecule has 0 saturated carbocycles. The van der Waals surface area contributed by atoms with Crippen molar-refractivity contribution in [3.05, 3.63) is 35.5 Å². The van der Waals surface area contributed by atoms with Crippen LogP contribution in [-0.2, 0) is 6.54 Å². The fourth-order valence-corrected chi connectivity index (χ4v) is 2.47. The Hall–Kier alpha value is -0.950. The lowest BCUT2D eigenvalue weighted by Gasteiger charge is -2.18. The summed E-state index contributed by atoms with van der Waals surface area (Å²) < 4.78 is 2.27. The predicted octanol–water partition coefficient (Wildman–Crippen LogP) is 5.12. The first-order chi connectivity index (χ1) is 7.97. The zero-order chi connectivity index (χ0) is 12.5. The Labute approximate surface area is 108 Å². The van der Waals surface area contributed by atoms with E-state index in [1.807, 2.05) is 12.1 Å². The van der Waals surface area contributed by atoms with Crippen LogP contribution < -0.4 is 0 Å². The van der Waals surface area contributed by atoms with Crippen molar-refractivity contribution in [3.63, 3.8) is 0 Å². The summed E-state index contributed by atoms with van der Waals surface area (Å²) in [5.41, 5.74) is 1.58. The zero-order valence-corrected chi connectivity index (χ0v) is 11.6. The average molecular weight is 250 g/mol. The summed E-state index contributed by atoms with van der Waals surface area (Å²) in [7, 11) is 0. The number of para-hydroxylation sites is 1. The van der Waals surface area contributed by atoms with Crippen LogP contribution in [0, 0.1) is 5.41 Å². The molecule has 17 heavy (non-hydrogen) atoms. The molecule has 1 aromatic carbocycles. The standard InChI is InChI=1S/C15H20ClN/c1-15(2,3)9-5-10-17-11-8-12-6-4-7-13(16)14(12)17/h4,6-8,11H,5,9-10H2,1-3H3. The molecule has 0 fully saturated rings. The molecule has 0 N–H and O–H groups in total. The highest BCUT2D eigenvalue weighted by atomic mass is 35.5. The van der Waals surface area contributed by atoms with E-state index in [0.717, 1.165) is 11.6 Å². The van der Waals surface area contributed by atoms with E-state index in [1.54, 1.807) is 0 Å². The summed E-state index contributed by atoms with van der Waals surface area (Å²) in [6, 6.07) is 8.22. The maximum absolute atomic E-state index is 6.25. The van der Waals surface area contributed by atoms with Crippen molar-refractivity contribution in [1.82, 2.24) is 4.57 Å². The number of rotatable bonds is 3. The summed E-state index contributed by atoms with van der Waals surface area (Å²) in [5.74, 6) is 0. The van der Waals surface area contributed by atoms with E-state index in [4.69, 9.17) is 11.6 Å². The van der Waals surface area contributed by atoms with Gasteiger partial charge in [0.25, 0.3) is 0 Å². The third-order valence-electron chi connectivity index (χ3n) is 3.07. The zero-order valence-electron chi connectivity index (χ0n) is 10.8. The first-order valence-electron chi connectivity index (χ1n) is 6.21. The van der Waals surface area contributed by atoms with E-state index in [0.29, 0.717) is 5.41 Å². The molecule has 0 saturated heterocycles. The SMILES string of the molecule is CC(C)(C)CCCn1ccc2cccc(Cl)c21. The maximum Gasteiger partial charge on any atom is 0.0669 e. The van der Waals surface area contributed by atoms with Crippen molar-refractivity contribution in [3.8, 4) is 0 Å². The highest BCUT2D eigenvalue weighted by Gasteiger charge is 2.10. The topological polar surface area (TPSA) is 4.93 Å². The molecule has 1 nitrogen and oxygen atoms in total. The minimum absolute atomic E-state index is 0.409. The molecule has 0 radical (unpaired) electrons. The molecule has 0 unspecified atom stereocenters. The van der Waals surface area contributed by atoms with Crippen LogP contribution in [0.4, 0.5) is 0 Å². The van der Waals surface area contributed by atoms with Crippen LogP contribution >= 0.6 is 11.6 Å². The Morgan fingerprint density at radius 1 is 1.18 bits per heavy atom. The maximum atomic E-state index is 6.25. The second-order valence-corrected chi connectivity index (χ2v) is 6.26. The van der Waals surface area contributed by atoms with Crippen LogP contribution in [-0.4, -0.2) is 4.57 Å². The Balaban J connectivity index is 2.14. The molecule has 0 aliphatic heterocycles. The number of hydrogen-bond acceptors (Lipinski definition) is 0. The smallest absolute Gasteiger partial charge is 0.0669 e. The lowest BCUT2D eigenvalue weighted by molar-refractivity contribution is 0.355. The van der Waals surface area contributed by atoms with Crippen LogP contribution in [0.1, 0.15) is 33.6 Å². The third-order valence-corrected chi connectivity index (χ3v) is 3.37. The van der Waals surface area contributed by atoms with Gasteiger partial charge in [0.1, 0.15) is 0 Å². The van der Waals surface area contributed by atoms with E-state index < -0.39 is 0 Å². The number of fused-ring (bicyclic) bond motifs is 1. The van der Waals surface area contributed by atoms with Gasteiger partial charge in [0, 0.05) is 18.1 Å². The third kappa shape index (κ3) is 3.04. The number of aryl methyl sites for hydroxylation is 1. The van der Waals surface area contributed by atoms with Gasteiger partial charge in [-0.3, -0.25) is 0 Å². The molecule has 0 spiro atoms. The number of halogens is 1. The van der Waals surface area contributed by atoms with Crippen molar-refractivity contribution in [1.29, 1.82) is 0 Å². The van der Waals surface area contributed by atoms with E-state index in [-0.39, 0.29) is 0 Å². The van der Waals surface area contributed by atoms with Gasteiger partial charge < -0.3 is 4.57 Å². The molecule has 1 aromatic heterocycles. The molecule has 0 bridgehead atoms. The molecule has 0 atom stereocenters. The lowest BCUT2D eigenvalue weighted by Crippen LogP contribution is -2.07. The molecule has 1 heterocycles. The second kappa shape index (κ2) is 4.73. The summed E-state index contributed by atoms with van der Waals surface area (Å²) in [4.78, 5) is 0. The number of nitrogens with zero attached hydrogens (tertiary/aromatic N) is 1. The summed E-state index contributed by atoms with van der Waals surface area (Å²) >= 11 is 6.25. The normalized spacial score (nSPS) is 12.2. The Morgan fingerprint density at radius 2 is 1.94 bits per heavy atom. The first kappa shape index (κ1) is 12.5. The summed E-state index contributed by atoms with van der Waals surface area (Å²) in [6.45, 7) is 7.90. The van der Waals surface area contributed by atoms with E-state index in [1.165, 1.54) is 23.7 Å². The van der Waals surface area contributed by atoms with Crippen LogP contribution in [0.5, 0.6) is 0 Å². The average Bonchev–Trinajstić information content (AvgIpc) is 2.61. The van der Waals surface area contributed by atoms with Gasteiger partial charge >= 0.3 is 0 Å². The van der Waals surface area contributed by atoms with E-state index >= 15 is 0 Å². The van der Waals surface area contributed by atoms with Crippen molar-refractivity contribution in [2.24, 2.45) is 5.41 Å². The van der Waals surface area contributed by atoms with E-state index in [9.17, 15) is 0 Å². The Bertz CT molecular complexity index is 505. The summed E-state index contributed by atoms with van der Waals surface area (Å²) in [5, 5.41) is 2.08. The van der Waals surface area contributed by atoms with Crippen molar-refractivity contribution in [2.45, 2.75) is 40.2 Å². The van der Waals surface area contributed by atoms with Gasteiger partial charge in [0.2, 0.25) is 0 Å². The second-order valence-electron chi connectivity index (χ2n) is 5.85. The Kier molecular flexibility index (Phi) is 3.48. The predicted molar refractivity (Wildman–Crippen MR) is 75.6 cm³/mol. The highest BCUT2D eigenvalue weighted by molar-refractivity contribution is 6.35. The molecular formula is C15H20ClN. The van der Waals surface area contributed by atoms with Gasteiger partial charge in [-0.05, 0) is 30.4 Å². The van der Waals surface area contributed by atoms with Gasteiger partial charge in [-0.25, -0.2) is 0 Å². The monoisotopic (exact) mass is 249 g/mol. The highest BCUT2D eigenvalue weighted by Crippen LogP contribution is 2.26. The molecule has 92 valence electrons. The number of hydrogen-bond donors (Lipinski definition) is 0. The molecule has 0 aliphatic carbocycles. The van der Waals surface area contributed by atoms with Gasteiger partial charge in [-0.1, -0.05) is 44.5 Å². The fourth-order valence-electron chi connectivity index (χ4n) is 2.18. The van der Waals surface area contributed by atoms with Crippen molar-refractivity contribution in [2.75, 3.05) is 0 Å². The quantitative estimate of drug-likeness (QED) is 0.712. The van der Waals surface area contributed by atoms with Crippen LogP contribution in [0.25, 0.3) is 10.9 Å². The van der Waals surface area contributed by atoms with Crippen LogP contribution in [0.2, 0.25) is 5.02 Å². The van der Waals surface area contributed by atoms with E-state index in [2.05, 4.69) is 43.7 Å². The molecule has 2 heteroatoms. The lowest BCUT2D eigenvalue weighted by atomic mass is 9.91. The molecule has 2 rings (SSSR count). The molecule has 0 amide bonds. The van der Waals surface area contributed by atoms with Gasteiger partial charge in [-0.15, -0.1) is 0 Å².